The van der Waals surface area contributed by atoms with Crippen molar-refractivity contribution in [2.24, 2.45) is 11.3 Å². The van der Waals surface area contributed by atoms with Crippen LogP contribution in [0.5, 0.6) is 0 Å². The normalized spacial score (nSPS) is 28.2. The van der Waals surface area contributed by atoms with E-state index in [4.69, 9.17) is 14.2 Å². The number of fused-ring (bicyclic) bond motifs is 1. The predicted molar refractivity (Wildman–Crippen MR) is 161 cm³/mol. The van der Waals surface area contributed by atoms with Gasteiger partial charge in [-0.3, -0.25) is 9.78 Å². The summed E-state index contributed by atoms with van der Waals surface area (Å²) >= 11 is 0. The van der Waals surface area contributed by atoms with Gasteiger partial charge in [0, 0.05) is 70.3 Å². The van der Waals surface area contributed by atoms with E-state index in [2.05, 4.69) is 10.3 Å². The number of halogens is 3. The molecule has 4 atom stereocenters. The summed E-state index contributed by atoms with van der Waals surface area (Å²) in [5.74, 6) is 0.422. The number of rotatable bonds is 7. The van der Waals surface area contributed by atoms with Crippen molar-refractivity contribution in [1.82, 2.24) is 20.1 Å². The minimum atomic E-state index is -4.48. The Hall–Kier alpha value is -2.44. The SMILES string of the molecule is CO[C@@H]1COCC[C@@H]1N[C@@H]1CC[C@](CCC2CCN(C(=O)OC(C)(C)C)CC2)(C(=O)N2CCc3ncc(C(F)(F)F)cc3C2)C1. The first-order valence-electron chi connectivity index (χ1n) is 16.5. The number of carbonyl (C=O) groups is 2. The maximum absolute atomic E-state index is 14.5. The number of methoxy groups -OCH3 is 1. The number of hydrogen-bond acceptors (Lipinski definition) is 7. The fourth-order valence-electron chi connectivity index (χ4n) is 7.54. The van der Waals surface area contributed by atoms with Crippen molar-refractivity contribution < 1.29 is 37.0 Å². The van der Waals surface area contributed by atoms with Crippen molar-refractivity contribution in [2.75, 3.05) is 40.0 Å². The van der Waals surface area contributed by atoms with E-state index in [1.165, 1.54) is 0 Å². The van der Waals surface area contributed by atoms with Crippen molar-refractivity contribution in [3.8, 4) is 0 Å². The van der Waals surface area contributed by atoms with Gasteiger partial charge in [0.25, 0.3) is 0 Å². The Morgan fingerprint density at radius 1 is 1.11 bits per heavy atom. The molecule has 252 valence electrons. The molecule has 2 saturated heterocycles. The standard InChI is InChI=1S/C33H49F3N4O5/c1-31(2,3)45-30(42)39-13-7-22(8-14-39)5-11-32(12-6-25(18-32)38-27-10-16-44-21-28(27)43-4)29(41)40-15-9-26-23(20-40)17-24(19-37-26)33(34,35)36/h17,19,22,25,27-28,38H,5-16,18,20-21H2,1-4H3/t25-,27+,28-,32+/m1/s1. The summed E-state index contributed by atoms with van der Waals surface area (Å²) in [4.78, 5) is 34.7. The molecule has 5 rings (SSSR count). The molecule has 12 heteroatoms. The first kappa shape index (κ1) is 33.9. The molecule has 0 bridgehead atoms. The molecule has 0 aromatic carbocycles. The minimum Gasteiger partial charge on any atom is -0.444 e. The topological polar surface area (TPSA) is 93.2 Å². The van der Waals surface area contributed by atoms with Crippen molar-refractivity contribution in [1.29, 1.82) is 0 Å². The molecule has 4 aliphatic rings. The van der Waals surface area contributed by atoms with E-state index in [0.29, 0.717) is 69.3 Å². The van der Waals surface area contributed by atoms with Crippen LogP contribution in [0.25, 0.3) is 0 Å². The zero-order chi connectivity index (χ0) is 32.4. The Kier molecular flexibility index (Phi) is 10.3. The zero-order valence-electron chi connectivity index (χ0n) is 27.1. The summed E-state index contributed by atoms with van der Waals surface area (Å²) in [6, 6.07) is 1.44. The molecule has 1 saturated carbocycles. The van der Waals surface area contributed by atoms with Gasteiger partial charge in [-0.15, -0.1) is 0 Å². The van der Waals surface area contributed by atoms with E-state index in [0.717, 1.165) is 50.8 Å². The van der Waals surface area contributed by atoms with Crippen LogP contribution < -0.4 is 5.32 Å². The van der Waals surface area contributed by atoms with Crippen LogP contribution in [0.2, 0.25) is 0 Å². The van der Waals surface area contributed by atoms with E-state index in [9.17, 15) is 22.8 Å². The van der Waals surface area contributed by atoms with Crippen LogP contribution in [0.3, 0.4) is 0 Å². The van der Waals surface area contributed by atoms with Gasteiger partial charge in [0.2, 0.25) is 5.91 Å². The number of piperidine rings is 1. The minimum absolute atomic E-state index is 0.0383. The fraction of sp³-hybridized carbons (Fsp3) is 0.788. The van der Waals surface area contributed by atoms with Crippen molar-refractivity contribution >= 4 is 12.0 Å². The Labute approximate surface area is 264 Å². The third-order valence-corrected chi connectivity index (χ3v) is 10.1. The molecule has 0 unspecified atom stereocenters. The molecule has 0 radical (unpaired) electrons. The molecule has 0 spiro atoms. The highest BCUT2D eigenvalue weighted by molar-refractivity contribution is 5.83. The molecule has 1 aromatic heterocycles. The Balaban J connectivity index is 1.27. The lowest BCUT2D eigenvalue weighted by Crippen LogP contribution is -2.51. The van der Waals surface area contributed by atoms with E-state index in [1.807, 2.05) is 20.8 Å². The second-order valence-electron chi connectivity index (χ2n) is 14.4. The number of aromatic nitrogens is 1. The van der Waals surface area contributed by atoms with Crippen molar-refractivity contribution in [2.45, 2.75) is 115 Å². The van der Waals surface area contributed by atoms with Gasteiger partial charge in [0.05, 0.1) is 23.7 Å². The van der Waals surface area contributed by atoms with Gasteiger partial charge in [-0.2, -0.15) is 13.2 Å². The molecule has 1 N–H and O–H groups in total. The Morgan fingerprint density at radius 2 is 1.87 bits per heavy atom. The first-order chi connectivity index (χ1) is 21.3. The maximum atomic E-state index is 14.5. The van der Waals surface area contributed by atoms with Gasteiger partial charge in [0.15, 0.2) is 0 Å². The van der Waals surface area contributed by atoms with E-state index in [1.54, 1.807) is 16.9 Å². The number of alkyl halides is 3. The van der Waals surface area contributed by atoms with Gasteiger partial charge < -0.3 is 29.3 Å². The molecule has 3 aliphatic heterocycles. The number of hydrogen-bond donors (Lipinski definition) is 1. The molecule has 3 fully saturated rings. The van der Waals surface area contributed by atoms with Gasteiger partial charge in [0.1, 0.15) is 5.60 Å². The van der Waals surface area contributed by atoms with Crippen LogP contribution >= 0.6 is 0 Å². The summed E-state index contributed by atoms with van der Waals surface area (Å²) in [7, 11) is 1.69. The van der Waals surface area contributed by atoms with Gasteiger partial charge in [-0.05, 0) is 89.7 Å². The lowest BCUT2D eigenvalue weighted by atomic mass is 9.76. The molecular weight excluding hydrogens is 589 g/mol. The molecule has 45 heavy (non-hydrogen) atoms. The van der Waals surface area contributed by atoms with Crippen molar-refractivity contribution in [3.05, 3.63) is 29.1 Å². The maximum Gasteiger partial charge on any atom is 0.417 e. The fourth-order valence-corrected chi connectivity index (χ4v) is 7.54. The summed E-state index contributed by atoms with van der Waals surface area (Å²) in [5, 5.41) is 3.78. The lowest BCUT2D eigenvalue weighted by molar-refractivity contribution is -0.144. The summed E-state index contributed by atoms with van der Waals surface area (Å²) in [6.07, 6.45) is 2.90. The summed E-state index contributed by atoms with van der Waals surface area (Å²) in [5.41, 5.74) is -0.806. The molecular formula is C33H49F3N4O5. The Bertz CT molecular complexity index is 1200. The average molecular weight is 639 g/mol. The molecule has 9 nitrogen and oxygen atoms in total. The van der Waals surface area contributed by atoms with E-state index < -0.39 is 22.8 Å². The number of nitrogens with one attached hydrogen (secondary N) is 1. The molecule has 4 heterocycles. The third kappa shape index (κ3) is 8.29. The van der Waals surface area contributed by atoms with Gasteiger partial charge in [-0.1, -0.05) is 0 Å². The Morgan fingerprint density at radius 3 is 2.56 bits per heavy atom. The third-order valence-electron chi connectivity index (χ3n) is 10.1. The van der Waals surface area contributed by atoms with Gasteiger partial charge >= 0.3 is 12.3 Å². The highest BCUT2D eigenvalue weighted by atomic mass is 19.4. The van der Waals surface area contributed by atoms with E-state index in [-0.39, 0.29) is 36.7 Å². The highest BCUT2D eigenvalue weighted by Crippen LogP contribution is 2.46. The summed E-state index contributed by atoms with van der Waals surface area (Å²) in [6.45, 7) is 8.64. The van der Waals surface area contributed by atoms with Crippen LogP contribution in [0.1, 0.15) is 89.0 Å². The van der Waals surface area contributed by atoms with Crippen molar-refractivity contribution in [3.63, 3.8) is 0 Å². The highest BCUT2D eigenvalue weighted by Gasteiger charge is 2.48. The molecule has 1 aliphatic carbocycles. The molecule has 2 amide bonds. The quantitative estimate of drug-likeness (QED) is 0.431. The number of ether oxygens (including phenoxy) is 3. The smallest absolute Gasteiger partial charge is 0.417 e. The van der Waals surface area contributed by atoms with Crippen LogP contribution in [0.15, 0.2) is 12.3 Å². The lowest BCUT2D eigenvalue weighted by Gasteiger charge is -2.39. The number of nitrogens with zero attached hydrogens (tertiary/aromatic N) is 3. The van der Waals surface area contributed by atoms with Crippen LogP contribution in [-0.4, -0.2) is 90.5 Å². The second-order valence-corrected chi connectivity index (χ2v) is 14.4. The largest absolute Gasteiger partial charge is 0.444 e. The second kappa shape index (κ2) is 13.7. The molecule has 1 aromatic rings. The van der Waals surface area contributed by atoms with Crippen LogP contribution in [0, 0.1) is 11.3 Å². The average Bonchev–Trinajstić information content (AvgIpc) is 3.42. The number of amides is 2. The summed E-state index contributed by atoms with van der Waals surface area (Å²) < 4.78 is 57.2. The predicted octanol–water partition coefficient (Wildman–Crippen LogP) is 5.34. The van der Waals surface area contributed by atoms with E-state index >= 15 is 0 Å². The zero-order valence-corrected chi connectivity index (χ0v) is 27.1. The monoisotopic (exact) mass is 638 g/mol. The van der Waals surface area contributed by atoms with Crippen LogP contribution in [0.4, 0.5) is 18.0 Å². The number of carbonyl (C=O) groups excluding carboxylic acids is 2. The number of pyridine rings is 1. The first-order valence-corrected chi connectivity index (χ1v) is 16.5. The van der Waals surface area contributed by atoms with Gasteiger partial charge in [-0.25, -0.2) is 4.79 Å². The number of likely N-dealkylation sites (tertiary alicyclic amines) is 1. The van der Waals surface area contributed by atoms with Crippen LogP contribution in [-0.2, 0) is 38.1 Å².